The normalized spacial score (nSPS) is 12.6. The molecule has 0 saturated heterocycles. The van der Waals surface area contributed by atoms with Crippen LogP contribution in [-0.2, 0) is 6.42 Å². The molecular weight excluding hydrogens is 609 g/mol. The molecule has 0 amide bonds. The number of nitrogens with zero attached hydrogens (tertiary/aromatic N) is 4. The predicted molar refractivity (Wildman–Crippen MR) is 207 cm³/mol. The highest BCUT2D eigenvalue weighted by atomic mass is 15.0. The van der Waals surface area contributed by atoms with E-state index in [2.05, 4.69) is 167 Å². The van der Waals surface area contributed by atoms with Gasteiger partial charge in [-0.1, -0.05) is 121 Å². The van der Waals surface area contributed by atoms with Crippen LogP contribution in [0.1, 0.15) is 17.7 Å². The summed E-state index contributed by atoms with van der Waals surface area (Å²) >= 11 is 0. The fraction of sp³-hybridized carbons (Fsp3) is 0.0435. The first-order valence-corrected chi connectivity index (χ1v) is 17.2. The molecule has 3 aromatic heterocycles. The molecule has 4 nitrogen and oxygen atoms in total. The lowest BCUT2D eigenvalue weighted by Crippen LogP contribution is -2.02. The summed E-state index contributed by atoms with van der Waals surface area (Å²) in [5.74, 6) is 0.702. The van der Waals surface area contributed by atoms with Crippen molar-refractivity contribution in [3.63, 3.8) is 0 Å². The summed E-state index contributed by atoms with van der Waals surface area (Å²) in [5.41, 5.74) is 13.5. The van der Waals surface area contributed by atoms with E-state index in [4.69, 9.17) is 9.97 Å². The number of rotatable bonds is 5. The molecule has 3 heterocycles. The second kappa shape index (κ2) is 11.6. The van der Waals surface area contributed by atoms with E-state index in [0.717, 1.165) is 46.6 Å². The van der Waals surface area contributed by atoms with Crippen LogP contribution in [0.3, 0.4) is 0 Å². The van der Waals surface area contributed by atoms with Crippen molar-refractivity contribution in [1.82, 2.24) is 19.1 Å². The van der Waals surface area contributed by atoms with Gasteiger partial charge in [0.05, 0.1) is 27.9 Å². The molecule has 0 atom stereocenters. The Balaban J connectivity index is 1.21. The zero-order valence-electron chi connectivity index (χ0n) is 27.4. The molecule has 1 aliphatic rings. The van der Waals surface area contributed by atoms with Crippen LogP contribution in [-0.4, -0.2) is 19.1 Å². The minimum absolute atomic E-state index is 0.702. The molecule has 0 radical (unpaired) electrons. The topological polar surface area (TPSA) is 35.6 Å². The Labute approximate surface area is 290 Å². The maximum absolute atomic E-state index is 5.14. The average Bonchev–Trinajstić information content (AvgIpc) is 3.70. The fourth-order valence-corrected chi connectivity index (χ4v) is 7.70. The van der Waals surface area contributed by atoms with Gasteiger partial charge in [-0.25, -0.2) is 9.97 Å². The number of aromatic nitrogens is 4. The minimum Gasteiger partial charge on any atom is -0.313 e. The Morgan fingerprint density at radius 2 is 1.06 bits per heavy atom. The van der Waals surface area contributed by atoms with Gasteiger partial charge in [0.1, 0.15) is 0 Å². The van der Waals surface area contributed by atoms with E-state index in [1.165, 1.54) is 49.7 Å². The zero-order chi connectivity index (χ0) is 33.0. The van der Waals surface area contributed by atoms with Crippen molar-refractivity contribution in [2.75, 3.05) is 0 Å². The molecule has 0 N–H and O–H groups in total. The van der Waals surface area contributed by atoms with Gasteiger partial charge in [0, 0.05) is 55.5 Å². The van der Waals surface area contributed by atoms with Crippen molar-refractivity contribution in [2.45, 2.75) is 12.8 Å². The molecule has 4 heteroatoms. The van der Waals surface area contributed by atoms with Crippen LogP contribution in [0.5, 0.6) is 0 Å². The third-order valence-electron chi connectivity index (χ3n) is 9.98. The quantitative estimate of drug-likeness (QED) is 0.188. The van der Waals surface area contributed by atoms with Crippen molar-refractivity contribution in [3.05, 3.63) is 175 Å². The van der Waals surface area contributed by atoms with Crippen LogP contribution in [0.15, 0.2) is 164 Å². The molecule has 1 aliphatic carbocycles. The summed E-state index contributed by atoms with van der Waals surface area (Å²) in [4.78, 5) is 10.3. The molecule has 0 bridgehead atoms. The van der Waals surface area contributed by atoms with E-state index in [1.807, 2.05) is 12.1 Å². The SMILES string of the molecule is C1=Cc2c(n(-c3ccccc3)c3cc4c(cc23)c2ccccc2n4-c2cccc(-c3nc(-c4ccccc4)cc(-c4ccccc4)n3)c2)CC1. The van der Waals surface area contributed by atoms with Crippen LogP contribution in [0.2, 0.25) is 0 Å². The van der Waals surface area contributed by atoms with Crippen molar-refractivity contribution < 1.29 is 0 Å². The Morgan fingerprint density at radius 3 is 1.80 bits per heavy atom. The first kappa shape index (κ1) is 28.5. The molecule has 50 heavy (non-hydrogen) atoms. The first-order chi connectivity index (χ1) is 24.8. The summed E-state index contributed by atoms with van der Waals surface area (Å²) < 4.78 is 4.88. The molecule has 0 saturated carbocycles. The molecule has 10 rings (SSSR count). The number of para-hydroxylation sites is 2. The van der Waals surface area contributed by atoms with Gasteiger partial charge in [0.15, 0.2) is 5.82 Å². The van der Waals surface area contributed by atoms with E-state index >= 15 is 0 Å². The molecule has 236 valence electrons. The summed E-state index contributed by atoms with van der Waals surface area (Å²) in [6, 6.07) is 55.8. The summed E-state index contributed by atoms with van der Waals surface area (Å²) in [5, 5.41) is 3.78. The first-order valence-electron chi connectivity index (χ1n) is 17.2. The Kier molecular flexibility index (Phi) is 6.59. The van der Waals surface area contributed by atoms with Crippen LogP contribution >= 0.6 is 0 Å². The van der Waals surface area contributed by atoms with E-state index < -0.39 is 0 Å². The van der Waals surface area contributed by atoms with Crippen LogP contribution in [0.25, 0.3) is 84.1 Å². The molecule has 6 aromatic carbocycles. The van der Waals surface area contributed by atoms with Gasteiger partial charge in [-0.2, -0.15) is 0 Å². The van der Waals surface area contributed by atoms with E-state index in [9.17, 15) is 0 Å². The highest BCUT2D eigenvalue weighted by Crippen LogP contribution is 2.40. The molecule has 0 unspecified atom stereocenters. The molecule has 0 aliphatic heterocycles. The Hall–Kier alpha value is -6.52. The molecule has 9 aromatic rings. The summed E-state index contributed by atoms with van der Waals surface area (Å²) in [6.07, 6.45) is 6.71. The number of fused-ring (bicyclic) bond motifs is 6. The lowest BCUT2D eigenvalue weighted by molar-refractivity contribution is 0.888. The lowest BCUT2D eigenvalue weighted by atomic mass is 10.0. The highest BCUT2D eigenvalue weighted by Gasteiger charge is 2.22. The summed E-state index contributed by atoms with van der Waals surface area (Å²) in [7, 11) is 0. The van der Waals surface area contributed by atoms with Crippen molar-refractivity contribution in [2.24, 2.45) is 0 Å². The van der Waals surface area contributed by atoms with Gasteiger partial charge < -0.3 is 9.13 Å². The van der Waals surface area contributed by atoms with E-state index in [1.54, 1.807) is 0 Å². The van der Waals surface area contributed by atoms with Crippen molar-refractivity contribution in [3.8, 4) is 45.3 Å². The minimum atomic E-state index is 0.702. The standard InChI is InChI=1S/C46H32N4/c1-4-15-31(16-5-1)40-29-41(32-17-6-2-7-18-32)48-46(47-40)33-19-14-22-35(27-33)50-43-26-13-11-24-37(43)39-28-38-36-23-10-12-25-42(36)49(44(38)30-45(39)50)34-20-8-3-9-21-34/h1-11,13-24,26-30H,12,25H2. The smallest absolute Gasteiger partial charge is 0.160 e. The maximum Gasteiger partial charge on any atom is 0.160 e. The number of hydrogen-bond acceptors (Lipinski definition) is 2. The van der Waals surface area contributed by atoms with E-state index in [0.29, 0.717) is 5.82 Å². The predicted octanol–water partition coefficient (Wildman–Crippen LogP) is 11.5. The largest absolute Gasteiger partial charge is 0.313 e. The third kappa shape index (κ3) is 4.61. The highest BCUT2D eigenvalue weighted by molar-refractivity contribution is 6.14. The van der Waals surface area contributed by atoms with Crippen molar-refractivity contribution >= 4 is 38.8 Å². The second-order valence-corrected chi connectivity index (χ2v) is 13.0. The summed E-state index contributed by atoms with van der Waals surface area (Å²) in [6.45, 7) is 0. The zero-order valence-corrected chi connectivity index (χ0v) is 27.4. The van der Waals surface area contributed by atoms with Gasteiger partial charge in [-0.05, 0) is 61.4 Å². The van der Waals surface area contributed by atoms with Gasteiger partial charge in [0.2, 0.25) is 0 Å². The van der Waals surface area contributed by atoms with E-state index in [-0.39, 0.29) is 0 Å². The van der Waals surface area contributed by atoms with Crippen molar-refractivity contribution in [1.29, 1.82) is 0 Å². The number of benzene rings is 6. The van der Waals surface area contributed by atoms with Gasteiger partial charge in [-0.3, -0.25) is 0 Å². The fourth-order valence-electron chi connectivity index (χ4n) is 7.70. The van der Waals surface area contributed by atoms with Crippen LogP contribution < -0.4 is 0 Å². The molecule has 0 spiro atoms. The number of allylic oxidation sites excluding steroid dienone is 1. The molecule has 0 fully saturated rings. The second-order valence-electron chi connectivity index (χ2n) is 13.0. The van der Waals surface area contributed by atoms with Gasteiger partial charge >= 0.3 is 0 Å². The van der Waals surface area contributed by atoms with Crippen LogP contribution in [0.4, 0.5) is 0 Å². The molecular formula is C46H32N4. The third-order valence-corrected chi connectivity index (χ3v) is 9.98. The average molecular weight is 641 g/mol. The van der Waals surface area contributed by atoms with Gasteiger partial charge in [0.25, 0.3) is 0 Å². The monoisotopic (exact) mass is 640 g/mol. The van der Waals surface area contributed by atoms with Gasteiger partial charge in [-0.15, -0.1) is 0 Å². The lowest BCUT2D eigenvalue weighted by Gasteiger charge is -2.14. The Bertz CT molecular complexity index is 2680. The van der Waals surface area contributed by atoms with Crippen LogP contribution in [0, 0.1) is 0 Å². The Morgan fingerprint density at radius 1 is 0.440 bits per heavy atom. The maximum atomic E-state index is 5.14. The number of hydrogen-bond donors (Lipinski definition) is 0.